The molecule has 2 aromatic carbocycles. The maximum Gasteiger partial charge on any atom is 0.0656 e. The second-order valence-corrected chi connectivity index (χ2v) is 8.21. The molecule has 2 nitrogen and oxygen atoms in total. The lowest BCUT2D eigenvalue weighted by molar-refractivity contribution is 0.838. The summed E-state index contributed by atoms with van der Waals surface area (Å²) in [6, 6.07) is 19.5. The maximum atomic E-state index is 4.64. The Morgan fingerprint density at radius 3 is 2.31 bits per heavy atom. The summed E-state index contributed by atoms with van der Waals surface area (Å²) in [7, 11) is 0. The van der Waals surface area contributed by atoms with E-state index in [-0.39, 0.29) is 0 Å². The maximum absolute atomic E-state index is 4.64. The summed E-state index contributed by atoms with van der Waals surface area (Å²) in [6.45, 7) is 9.06. The Labute approximate surface area is 174 Å². The molecule has 0 saturated carbocycles. The van der Waals surface area contributed by atoms with Crippen LogP contribution in [0.1, 0.15) is 67.5 Å². The van der Waals surface area contributed by atoms with Gasteiger partial charge in [-0.15, -0.1) is 0 Å². The number of rotatable bonds is 4. The summed E-state index contributed by atoms with van der Waals surface area (Å²) >= 11 is 0. The Bertz CT molecular complexity index is 1060. The van der Waals surface area contributed by atoms with Gasteiger partial charge in [-0.3, -0.25) is 4.98 Å². The van der Waals surface area contributed by atoms with E-state index in [1.807, 2.05) is 12.4 Å². The smallest absolute Gasteiger partial charge is 0.0656 e. The van der Waals surface area contributed by atoms with E-state index in [9.17, 15) is 0 Å². The number of nitrogens with one attached hydrogen (secondary N) is 1. The van der Waals surface area contributed by atoms with Crippen molar-refractivity contribution >= 4 is 17.8 Å². The molecular weight excluding hydrogens is 352 g/mol. The van der Waals surface area contributed by atoms with Crippen molar-refractivity contribution in [2.24, 2.45) is 0 Å². The lowest BCUT2D eigenvalue weighted by Gasteiger charge is -2.20. The number of nitrogens with zero attached hydrogens (tertiary/aromatic N) is 1. The number of fused-ring (bicyclic) bond motifs is 1. The fourth-order valence-corrected chi connectivity index (χ4v) is 4.02. The fraction of sp³-hybridized carbons (Fsp3) is 0.222. The highest BCUT2D eigenvalue weighted by atomic mass is 14.9. The molecule has 0 aliphatic carbocycles. The van der Waals surface area contributed by atoms with Crippen LogP contribution in [0.25, 0.3) is 29.0 Å². The van der Waals surface area contributed by atoms with Gasteiger partial charge in [-0.25, -0.2) is 0 Å². The van der Waals surface area contributed by atoms with Gasteiger partial charge in [-0.05, 0) is 63.9 Å². The number of hydrogen-bond donors (Lipinski definition) is 1. The van der Waals surface area contributed by atoms with Gasteiger partial charge in [-0.2, -0.15) is 0 Å². The third-order valence-electron chi connectivity index (χ3n) is 5.49. The standard InChI is InChI=1S/C27H28N2/c1-18(2)23-10-7-11-24(19(3)4)27(23)21-13-14-28-22(16-21)17-26-25-9-6-5-8-20(25)12-15-29-26/h5-19,29H,1-4H3. The van der Waals surface area contributed by atoms with Gasteiger partial charge in [0, 0.05) is 23.7 Å². The zero-order valence-electron chi connectivity index (χ0n) is 17.6. The molecule has 0 unspecified atom stereocenters. The first-order valence-electron chi connectivity index (χ1n) is 10.4. The summed E-state index contributed by atoms with van der Waals surface area (Å²) in [5.41, 5.74) is 9.84. The molecule has 0 spiro atoms. The van der Waals surface area contributed by atoms with Crippen LogP contribution in [0.2, 0.25) is 0 Å². The molecule has 2 heteroatoms. The van der Waals surface area contributed by atoms with Crippen molar-refractivity contribution in [3.63, 3.8) is 0 Å². The fourth-order valence-electron chi connectivity index (χ4n) is 4.02. The van der Waals surface area contributed by atoms with Crippen LogP contribution in [0, 0.1) is 0 Å². The monoisotopic (exact) mass is 380 g/mol. The average Bonchev–Trinajstić information content (AvgIpc) is 2.73. The summed E-state index contributed by atoms with van der Waals surface area (Å²) < 4.78 is 0. The molecule has 2 heterocycles. The van der Waals surface area contributed by atoms with E-state index in [1.54, 1.807) is 0 Å². The van der Waals surface area contributed by atoms with Gasteiger partial charge in [0.25, 0.3) is 0 Å². The van der Waals surface area contributed by atoms with Crippen LogP contribution in [0.3, 0.4) is 0 Å². The Hall–Kier alpha value is -3.13. The van der Waals surface area contributed by atoms with E-state index in [2.05, 4.69) is 105 Å². The van der Waals surface area contributed by atoms with Crippen molar-refractivity contribution in [2.75, 3.05) is 0 Å². The highest BCUT2D eigenvalue weighted by Crippen LogP contribution is 2.36. The first kappa shape index (κ1) is 19.2. The van der Waals surface area contributed by atoms with Gasteiger partial charge >= 0.3 is 0 Å². The second kappa shape index (κ2) is 8.08. The number of pyridine rings is 1. The second-order valence-electron chi connectivity index (χ2n) is 8.21. The van der Waals surface area contributed by atoms with Crippen LogP contribution in [-0.4, -0.2) is 4.98 Å². The van der Waals surface area contributed by atoms with Crippen molar-refractivity contribution in [3.8, 4) is 11.1 Å². The van der Waals surface area contributed by atoms with Crippen LogP contribution in [0.15, 0.2) is 67.0 Å². The third kappa shape index (κ3) is 3.88. The SMILES string of the molecule is CC(C)c1cccc(C(C)C)c1-c1ccnc(C=C2NC=Cc3ccccc32)c1. The summed E-state index contributed by atoms with van der Waals surface area (Å²) in [4.78, 5) is 4.64. The predicted octanol–water partition coefficient (Wildman–Crippen LogP) is 7.07. The molecular formula is C27H28N2. The number of aromatic nitrogens is 1. The third-order valence-corrected chi connectivity index (χ3v) is 5.49. The summed E-state index contributed by atoms with van der Waals surface area (Å²) in [5, 5.41) is 3.38. The minimum Gasteiger partial charge on any atom is -0.361 e. The van der Waals surface area contributed by atoms with Gasteiger partial charge in [-0.1, -0.05) is 70.2 Å². The molecule has 1 aliphatic rings. The molecule has 0 bridgehead atoms. The van der Waals surface area contributed by atoms with Crippen LogP contribution < -0.4 is 5.32 Å². The van der Waals surface area contributed by atoms with Crippen LogP contribution in [0.4, 0.5) is 0 Å². The Morgan fingerprint density at radius 2 is 1.59 bits per heavy atom. The van der Waals surface area contributed by atoms with E-state index < -0.39 is 0 Å². The highest BCUT2D eigenvalue weighted by Gasteiger charge is 2.16. The van der Waals surface area contributed by atoms with Gasteiger partial charge in [0.05, 0.1) is 5.69 Å². The van der Waals surface area contributed by atoms with Crippen LogP contribution in [0.5, 0.6) is 0 Å². The van der Waals surface area contributed by atoms with E-state index in [1.165, 1.54) is 33.4 Å². The first-order valence-corrected chi connectivity index (χ1v) is 10.4. The van der Waals surface area contributed by atoms with Crippen molar-refractivity contribution in [3.05, 3.63) is 94.9 Å². The van der Waals surface area contributed by atoms with Crippen LogP contribution >= 0.6 is 0 Å². The van der Waals surface area contributed by atoms with Gasteiger partial charge < -0.3 is 5.32 Å². The lowest BCUT2D eigenvalue weighted by atomic mass is 9.85. The van der Waals surface area contributed by atoms with Gasteiger partial charge in [0.2, 0.25) is 0 Å². The van der Waals surface area contributed by atoms with Crippen molar-refractivity contribution in [1.82, 2.24) is 10.3 Å². The molecule has 146 valence electrons. The molecule has 29 heavy (non-hydrogen) atoms. The largest absolute Gasteiger partial charge is 0.361 e. The molecule has 0 fully saturated rings. The van der Waals surface area contributed by atoms with Crippen molar-refractivity contribution in [2.45, 2.75) is 39.5 Å². The lowest BCUT2D eigenvalue weighted by Crippen LogP contribution is -2.09. The Morgan fingerprint density at radius 1 is 0.862 bits per heavy atom. The van der Waals surface area contributed by atoms with Gasteiger partial charge in [0.15, 0.2) is 0 Å². The molecule has 0 amide bonds. The molecule has 0 atom stereocenters. The Balaban J connectivity index is 1.82. The summed E-state index contributed by atoms with van der Waals surface area (Å²) in [6.07, 6.45) is 8.15. The van der Waals surface area contributed by atoms with E-state index in [0.717, 1.165) is 11.4 Å². The summed E-state index contributed by atoms with van der Waals surface area (Å²) in [5.74, 6) is 0.936. The zero-order valence-corrected chi connectivity index (χ0v) is 17.6. The Kier molecular flexibility index (Phi) is 5.35. The first-order chi connectivity index (χ1) is 14.0. The van der Waals surface area contributed by atoms with E-state index >= 15 is 0 Å². The molecule has 0 radical (unpaired) electrons. The average molecular weight is 381 g/mol. The van der Waals surface area contributed by atoms with E-state index in [0.29, 0.717) is 11.8 Å². The minimum atomic E-state index is 0.468. The molecule has 3 aromatic rings. The normalized spacial score (nSPS) is 14.3. The number of hydrogen-bond acceptors (Lipinski definition) is 2. The molecule has 1 N–H and O–H groups in total. The van der Waals surface area contributed by atoms with Gasteiger partial charge in [0.1, 0.15) is 0 Å². The highest BCUT2D eigenvalue weighted by molar-refractivity contribution is 5.87. The van der Waals surface area contributed by atoms with Crippen LogP contribution in [-0.2, 0) is 0 Å². The van der Waals surface area contributed by atoms with Crippen molar-refractivity contribution in [1.29, 1.82) is 0 Å². The molecule has 1 aromatic heterocycles. The molecule has 4 rings (SSSR count). The quantitative estimate of drug-likeness (QED) is 0.524. The zero-order chi connectivity index (χ0) is 20.4. The topological polar surface area (TPSA) is 24.9 Å². The molecule has 1 aliphatic heterocycles. The van der Waals surface area contributed by atoms with Crippen molar-refractivity contribution < 1.29 is 0 Å². The minimum absolute atomic E-state index is 0.468. The predicted molar refractivity (Wildman–Crippen MR) is 124 cm³/mol. The van der Waals surface area contributed by atoms with E-state index in [4.69, 9.17) is 0 Å². The number of benzene rings is 2. The molecule has 0 saturated heterocycles.